The van der Waals surface area contributed by atoms with Gasteiger partial charge in [-0.05, 0) is 55.0 Å². The SMILES string of the molecule is C/C=C/CCc1ccc(Cc2cc(F)c(C#N)c(F)c2)cc1. The maximum absolute atomic E-state index is 13.6. The Bertz CT molecular complexity index is 686. The van der Waals surface area contributed by atoms with Crippen molar-refractivity contribution in [3.05, 3.63) is 82.4 Å². The molecule has 22 heavy (non-hydrogen) atoms. The van der Waals surface area contributed by atoms with Gasteiger partial charge in [0.2, 0.25) is 0 Å². The molecule has 112 valence electrons. The first kappa shape index (κ1) is 15.9. The highest BCUT2D eigenvalue weighted by molar-refractivity contribution is 5.37. The summed E-state index contributed by atoms with van der Waals surface area (Å²) in [6, 6.07) is 12.0. The highest BCUT2D eigenvalue weighted by atomic mass is 19.1. The molecule has 0 unspecified atom stereocenters. The maximum Gasteiger partial charge on any atom is 0.144 e. The van der Waals surface area contributed by atoms with Crippen molar-refractivity contribution < 1.29 is 8.78 Å². The number of hydrogen-bond donors (Lipinski definition) is 0. The second-order valence-corrected chi connectivity index (χ2v) is 5.15. The van der Waals surface area contributed by atoms with Crippen molar-refractivity contribution in [3.63, 3.8) is 0 Å². The third-order valence-electron chi connectivity index (χ3n) is 3.48. The fraction of sp³-hybridized carbons (Fsp3) is 0.211. The zero-order valence-electron chi connectivity index (χ0n) is 12.4. The van der Waals surface area contributed by atoms with Crippen LogP contribution in [0.1, 0.15) is 35.6 Å². The summed E-state index contributed by atoms with van der Waals surface area (Å²) in [5.74, 6) is -1.61. The lowest BCUT2D eigenvalue weighted by Crippen LogP contribution is -1.96. The molecule has 0 N–H and O–H groups in total. The van der Waals surface area contributed by atoms with Crippen LogP contribution < -0.4 is 0 Å². The van der Waals surface area contributed by atoms with E-state index in [0.29, 0.717) is 12.0 Å². The lowest BCUT2D eigenvalue weighted by Gasteiger charge is -2.06. The van der Waals surface area contributed by atoms with E-state index >= 15 is 0 Å². The number of rotatable bonds is 5. The molecule has 0 bridgehead atoms. The standard InChI is InChI=1S/C19H17F2N/c1-2-3-4-5-14-6-8-15(9-7-14)10-16-11-18(20)17(13-22)19(21)12-16/h2-3,6-9,11-12H,4-5,10H2,1H3/b3-2+. The average Bonchev–Trinajstić information content (AvgIpc) is 2.49. The lowest BCUT2D eigenvalue weighted by molar-refractivity contribution is 0.574. The molecule has 0 aliphatic rings. The molecule has 0 amide bonds. The van der Waals surface area contributed by atoms with Crippen molar-refractivity contribution >= 4 is 0 Å². The summed E-state index contributed by atoms with van der Waals surface area (Å²) in [6.07, 6.45) is 6.57. The number of nitrogens with zero attached hydrogens (tertiary/aromatic N) is 1. The molecular weight excluding hydrogens is 280 g/mol. The molecule has 0 aromatic heterocycles. The van der Waals surface area contributed by atoms with E-state index in [1.54, 1.807) is 0 Å². The van der Waals surface area contributed by atoms with Crippen LogP contribution in [0.25, 0.3) is 0 Å². The molecule has 2 aromatic carbocycles. The Labute approximate surface area is 129 Å². The molecule has 0 saturated carbocycles. The van der Waals surface area contributed by atoms with E-state index in [4.69, 9.17) is 5.26 Å². The highest BCUT2D eigenvalue weighted by Gasteiger charge is 2.10. The number of nitriles is 1. The first-order chi connectivity index (χ1) is 10.6. The molecule has 2 aromatic rings. The van der Waals surface area contributed by atoms with Crippen molar-refractivity contribution in [2.45, 2.75) is 26.2 Å². The maximum atomic E-state index is 13.6. The first-order valence-electron chi connectivity index (χ1n) is 7.21. The summed E-state index contributed by atoms with van der Waals surface area (Å²) in [7, 11) is 0. The molecule has 1 nitrogen and oxygen atoms in total. The second kappa shape index (κ2) is 7.51. The van der Waals surface area contributed by atoms with Crippen molar-refractivity contribution in [1.82, 2.24) is 0 Å². The largest absolute Gasteiger partial charge is 0.205 e. The van der Waals surface area contributed by atoms with Gasteiger partial charge in [-0.25, -0.2) is 8.78 Å². The van der Waals surface area contributed by atoms with Crippen LogP contribution >= 0.6 is 0 Å². The van der Waals surface area contributed by atoms with Crippen LogP contribution in [0.4, 0.5) is 8.78 Å². The molecule has 0 spiro atoms. The minimum atomic E-state index is -0.805. The fourth-order valence-corrected chi connectivity index (χ4v) is 2.31. The van der Waals surface area contributed by atoms with Crippen LogP contribution in [0.3, 0.4) is 0 Å². The molecule has 0 heterocycles. The number of allylic oxidation sites excluding steroid dienone is 2. The number of hydrogen-bond acceptors (Lipinski definition) is 1. The summed E-state index contributed by atoms with van der Waals surface area (Å²) in [5, 5.41) is 8.66. The molecule has 0 aliphatic carbocycles. The zero-order valence-corrected chi connectivity index (χ0v) is 12.4. The average molecular weight is 297 g/mol. The molecule has 3 heteroatoms. The third kappa shape index (κ3) is 4.02. The summed E-state index contributed by atoms with van der Waals surface area (Å²) < 4.78 is 27.2. The predicted molar refractivity (Wildman–Crippen MR) is 83.5 cm³/mol. The molecule has 0 fully saturated rings. The van der Waals surface area contributed by atoms with E-state index in [9.17, 15) is 8.78 Å². The molecular formula is C19H17F2N. The van der Waals surface area contributed by atoms with Gasteiger partial charge in [0.15, 0.2) is 0 Å². The molecule has 2 rings (SSSR count). The summed E-state index contributed by atoms with van der Waals surface area (Å²) in [6.45, 7) is 2.00. The van der Waals surface area contributed by atoms with Crippen LogP contribution in [-0.2, 0) is 12.8 Å². The van der Waals surface area contributed by atoms with Gasteiger partial charge in [0, 0.05) is 0 Å². The minimum absolute atomic E-state index is 0.439. The van der Waals surface area contributed by atoms with Crippen molar-refractivity contribution in [2.24, 2.45) is 0 Å². The van der Waals surface area contributed by atoms with Gasteiger partial charge in [-0.2, -0.15) is 5.26 Å². The monoisotopic (exact) mass is 297 g/mol. The summed E-state index contributed by atoms with van der Waals surface area (Å²) >= 11 is 0. The Hall–Kier alpha value is -2.47. The van der Waals surface area contributed by atoms with Crippen LogP contribution in [0, 0.1) is 23.0 Å². The molecule has 0 radical (unpaired) electrons. The van der Waals surface area contributed by atoms with Crippen LogP contribution in [0.15, 0.2) is 48.6 Å². The van der Waals surface area contributed by atoms with Crippen LogP contribution in [0.2, 0.25) is 0 Å². The van der Waals surface area contributed by atoms with E-state index in [1.807, 2.05) is 37.3 Å². The van der Waals surface area contributed by atoms with Gasteiger partial charge < -0.3 is 0 Å². The van der Waals surface area contributed by atoms with Crippen LogP contribution in [-0.4, -0.2) is 0 Å². The van der Waals surface area contributed by atoms with E-state index in [1.165, 1.54) is 23.8 Å². The summed E-state index contributed by atoms with van der Waals surface area (Å²) in [5.41, 5.74) is 2.22. The normalized spacial score (nSPS) is 10.8. The number of aryl methyl sites for hydroxylation is 1. The zero-order chi connectivity index (χ0) is 15.9. The molecule has 0 saturated heterocycles. The minimum Gasteiger partial charge on any atom is -0.205 e. The number of halogens is 2. The van der Waals surface area contributed by atoms with Gasteiger partial charge in [-0.3, -0.25) is 0 Å². The Morgan fingerprint density at radius 3 is 2.14 bits per heavy atom. The predicted octanol–water partition coefficient (Wildman–Crippen LogP) is 4.94. The smallest absolute Gasteiger partial charge is 0.144 e. The van der Waals surface area contributed by atoms with Gasteiger partial charge in [0.05, 0.1) is 0 Å². The Morgan fingerprint density at radius 1 is 1.00 bits per heavy atom. The van der Waals surface area contributed by atoms with Gasteiger partial charge in [0.1, 0.15) is 23.3 Å². The van der Waals surface area contributed by atoms with Crippen molar-refractivity contribution in [1.29, 1.82) is 5.26 Å². The Morgan fingerprint density at radius 2 is 1.59 bits per heavy atom. The topological polar surface area (TPSA) is 23.8 Å². The fourth-order valence-electron chi connectivity index (χ4n) is 2.31. The van der Waals surface area contributed by atoms with E-state index in [0.717, 1.165) is 18.4 Å². The van der Waals surface area contributed by atoms with Gasteiger partial charge in [-0.1, -0.05) is 36.4 Å². The van der Waals surface area contributed by atoms with Gasteiger partial charge in [-0.15, -0.1) is 0 Å². The van der Waals surface area contributed by atoms with E-state index in [2.05, 4.69) is 6.08 Å². The molecule has 0 aliphatic heterocycles. The second-order valence-electron chi connectivity index (χ2n) is 5.15. The van der Waals surface area contributed by atoms with E-state index in [-0.39, 0.29) is 0 Å². The van der Waals surface area contributed by atoms with Crippen molar-refractivity contribution in [3.8, 4) is 6.07 Å². The number of benzene rings is 2. The molecule has 0 atom stereocenters. The quantitative estimate of drug-likeness (QED) is 0.717. The van der Waals surface area contributed by atoms with Gasteiger partial charge >= 0.3 is 0 Å². The first-order valence-corrected chi connectivity index (χ1v) is 7.21. The van der Waals surface area contributed by atoms with Crippen molar-refractivity contribution in [2.75, 3.05) is 0 Å². The highest BCUT2D eigenvalue weighted by Crippen LogP contribution is 2.18. The van der Waals surface area contributed by atoms with Gasteiger partial charge in [0.25, 0.3) is 0 Å². The van der Waals surface area contributed by atoms with E-state index < -0.39 is 17.2 Å². The third-order valence-corrected chi connectivity index (χ3v) is 3.48. The Kier molecular flexibility index (Phi) is 5.43. The summed E-state index contributed by atoms with van der Waals surface area (Å²) in [4.78, 5) is 0. The lowest BCUT2D eigenvalue weighted by atomic mass is 10.0. The Balaban J connectivity index is 2.10. The van der Waals surface area contributed by atoms with Crippen LogP contribution in [0.5, 0.6) is 0 Å².